The molecule has 1 aliphatic heterocycles. The number of piperazine rings is 1. The molecule has 2 heterocycles. The van der Waals surface area contributed by atoms with Crippen LogP contribution in [0.5, 0.6) is 5.75 Å². The number of hydrogen-bond acceptors (Lipinski definition) is 6. The Labute approximate surface area is 176 Å². The number of carbonyl (C=O) groups excluding carboxylic acids is 2. The third-order valence-electron chi connectivity index (χ3n) is 5.60. The highest BCUT2D eigenvalue weighted by molar-refractivity contribution is 5.99. The maximum atomic E-state index is 13.0. The van der Waals surface area contributed by atoms with E-state index in [1.54, 1.807) is 30.5 Å². The van der Waals surface area contributed by atoms with Gasteiger partial charge in [-0.2, -0.15) is 0 Å². The fourth-order valence-corrected chi connectivity index (χ4v) is 3.96. The number of phenols is 1. The zero-order chi connectivity index (χ0) is 22.3. The second-order valence-corrected chi connectivity index (χ2v) is 7.56. The molecular formula is C21H20N4O6. The SMILES string of the molecule is CN1C(=O)[C@H](Cc2c[nH]c3cccc([N+](=O)[O-])c23)NC(=O)[C@]1(O)Cc1cccc(O)c1. The van der Waals surface area contributed by atoms with Gasteiger partial charge in [-0.15, -0.1) is 0 Å². The third-order valence-corrected chi connectivity index (χ3v) is 5.60. The number of phenolic OH excluding ortho intramolecular Hbond substituents is 1. The molecule has 4 N–H and O–H groups in total. The highest BCUT2D eigenvalue weighted by Gasteiger charge is 2.50. The van der Waals surface area contributed by atoms with E-state index in [4.69, 9.17) is 0 Å². The predicted molar refractivity (Wildman–Crippen MR) is 110 cm³/mol. The van der Waals surface area contributed by atoms with Gasteiger partial charge in [0.25, 0.3) is 11.6 Å². The summed E-state index contributed by atoms with van der Waals surface area (Å²) in [7, 11) is 1.33. The van der Waals surface area contributed by atoms with Crippen LogP contribution in [0.15, 0.2) is 48.7 Å². The molecule has 31 heavy (non-hydrogen) atoms. The molecule has 0 unspecified atom stereocenters. The van der Waals surface area contributed by atoms with Gasteiger partial charge in [0.2, 0.25) is 11.6 Å². The minimum atomic E-state index is -2.13. The molecule has 2 atom stereocenters. The lowest BCUT2D eigenvalue weighted by Crippen LogP contribution is -2.70. The Kier molecular flexibility index (Phi) is 4.86. The van der Waals surface area contributed by atoms with Crippen LogP contribution in [0.1, 0.15) is 11.1 Å². The summed E-state index contributed by atoms with van der Waals surface area (Å²) in [6, 6.07) is 9.68. The van der Waals surface area contributed by atoms with Gasteiger partial charge < -0.3 is 25.4 Å². The number of aromatic nitrogens is 1. The molecule has 1 aliphatic rings. The molecule has 160 valence electrons. The van der Waals surface area contributed by atoms with Gasteiger partial charge in [-0.05, 0) is 29.3 Å². The van der Waals surface area contributed by atoms with Crippen molar-refractivity contribution < 1.29 is 24.7 Å². The number of hydrogen-bond donors (Lipinski definition) is 4. The number of benzene rings is 2. The zero-order valence-electron chi connectivity index (χ0n) is 16.5. The van der Waals surface area contributed by atoms with Gasteiger partial charge in [0, 0.05) is 32.2 Å². The Hall–Kier alpha value is -3.92. The molecule has 4 rings (SSSR count). The van der Waals surface area contributed by atoms with Crippen molar-refractivity contribution in [3.63, 3.8) is 0 Å². The molecule has 2 amide bonds. The second-order valence-electron chi connectivity index (χ2n) is 7.56. The second kappa shape index (κ2) is 7.40. The highest BCUT2D eigenvalue weighted by Crippen LogP contribution is 2.31. The molecule has 1 fully saturated rings. The summed E-state index contributed by atoms with van der Waals surface area (Å²) in [4.78, 5) is 40.6. The Morgan fingerprint density at radius 3 is 2.68 bits per heavy atom. The Balaban J connectivity index is 1.61. The average molecular weight is 424 g/mol. The van der Waals surface area contributed by atoms with E-state index in [1.807, 2.05) is 0 Å². The first kappa shape index (κ1) is 20.4. The van der Waals surface area contributed by atoms with Crippen LogP contribution >= 0.6 is 0 Å². The summed E-state index contributed by atoms with van der Waals surface area (Å²) >= 11 is 0. The van der Waals surface area contributed by atoms with Crippen LogP contribution in [0.3, 0.4) is 0 Å². The topological polar surface area (TPSA) is 149 Å². The quantitative estimate of drug-likeness (QED) is 0.357. The number of rotatable bonds is 5. The summed E-state index contributed by atoms with van der Waals surface area (Å²) in [5.41, 5.74) is -0.700. The Morgan fingerprint density at radius 1 is 1.23 bits per heavy atom. The van der Waals surface area contributed by atoms with Crippen molar-refractivity contribution in [1.82, 2.24) is 15.2 Å². The molecule has 0 saturated carbocycles. The summed E-state index contributed by atoms with van der Waals surface area (Å²) in [6.07, 6.45) is 1.38. The fourth-order valence-electron chi connectivity index (χ4n) is 3.96. The number of nitrogens with one attached hydrogen (secondary N) is 2. The van der Waals surface area contributed by atoms with Crippen molar-refractivity contribution in [2.75, 3.05) is 7.05 Å². The van der Waals surface area contributed by atoms with Gasteiger partial charge in [0.15, 0.2) is 0 Å². The predicted octanol–water partition coefficient (Wildman–Crippen LogP) is 1.21. The van der Waals surface area contributed by atoms with Crippen molar-refractivity contribution in [1.29, 1.82) is 0 Å². The third kappa shape index (κ3) is 3.46. The standard InChI is InChI=1S/C21H20N4O6/c1-24-19(27)16(9-13-11-22-15-6-3-7-17(18(13)15)25(30)31)23-20(28)21(24,29)10-12-4-2-5-14(26)8-12/h2-8,11,16,22,26,29H,9-10H2,1H3,(H,23,28)/t16-,21+/m0/s1. The number of aliphatic hydroxyl groups is 1. The van der Waals surface area contributed by atoms with E-state index in [9.17, 15) is 29.9 Å². The molecule has 3 aromatic rings. The largest absolute Gasteiger partial charge is 0.508 e. The Morgan fingerprint density at radius 2 is 1.97 bits per heavy atom. The molecule has 0 radical (unpaired) electrons. The highest BCUT2D eigenvalue weighted by atomic mass is 16.6. The summed E-state index contributed by atoms with van der Waals surface area (Å²) < 4.78 is 0. The number of nitro groups is 1. The maximum absolute atomic E-state index is 13.0. The number of likely N-dealkylation sites (N-methyl/N-ethyl adjacent to an activating group) is 1. The minimum Gasteiger partial charge on any atom is -0.508 e. The number of amides is 2. The summed E-state index contributed by atoms with van der Waals surface area (Å²) in [6.45, 7) is 0. The van der Waals surface area contributed by atoms with Crippen LogP contribution in [-0.2, 0) is 22.4 Å². The van der Waals surface area contributed by atoms with Crippen molar-refractivity contribution >= 4 is 28.4 Å². The van der Waals surface area contributed by atoms with Crippen LogP contribution in [0.2, 0.25) is 0 Å². The molecule has 10 nitrogen and oxygen atoms in total. The summed E-state index contributed by atoms with van der Waals surface area (Å²) in [5.74, 6) is -1.32. The number of nitro benzene ring substituents is 1. The average Bonchev–Trinajstić information content (AvgIpc) is 3.13. The number of aromatic hydroxyl groups is 1. The number of non-ortho nitro benzene ring substituents is 1. The first-order valence-corrected chi connectivity index (χ1v) is 9.53. The van der Waals surface area contributed by atoms with Gasteiger partial charge in [-0.25, -0.2) is 0 Å². The minimum absolute atomic E-state index is 0.0158. The van der Waals surface area contributed by atoms with Crippen LogP contribution in [0.25, 0.3) is 10.9 Å². The lowest BCUT2D eigenvalue weighted by atomic mass is 9.94. The number of carbonyl (C=O) groups is 2. The lowest BCUT2D eigenvalue weighted by molar-refractivity contribution is -0.383. The van der Waals surface area contributed by atoms with Crippen molar-refractivity contribution in [3.05, 3.63) is 69.9 Å². The van der Waals surface area contributed by atoms with E-state index >= 15 is 0 Å². The van der Waals surface area contributed by atoms with Gasteiger partial charge in [-0.3, -0.25) is 19.7 Å². The van der Waals surface area contributed by atoms with Crippen LogP contribution < -0.4 is 5.32 Å². The van der Waals surface area contributed by atoms with Gasteiger partial charge >= 0.3 is 0 Å². The lowest BCUT2D eigenvalue weighted by Gasteiger charge is -2.42. The van der Waals surface area contributed by atoms with Crippen LogP contribution in [0, 0.1) is 10.1 Å². The van der Waals surface area contributed by atoms with Crippen molar-refractivity contribution in [3.8, 4) is 5.75 Å². The number of H-pyrrole nitrogens is 1. The number of fused-ring (bicyclic) bond motifs is 1. The van der Waals surface area contributed by atoms with Crippen molar-refractivity contribution in [2.45, 2.75) is 24.6 Å². The van der Waals surface area contributed by atoms with Gasteiger partial charge in [0.1, 0.15) is 11.8 Å². The molecular weight excluding hydrogens is 404 g/mol. The molecule has 2 aromatic carbocycles. The molecule has 1 aromatic heterocycles. The van der Waals surface area contributed by atoms with Gasteiger partial charge in [-0.1, -0.05) is 18.2 Å². The summed E-state index contributed by atoms with van der Waals surface area (Å²) in [5, 5.41) is 34.9. The molecule has 1 saturated heterocycles. The zero-order valence-corrected chi connectivity index (χ0v) is 16.5. The van der Waals surface area contributed by atoms with E-state index in [-0.39, 0.29) is 24.3 Å². The molecule has 10 heteroatoms. The monoisotopic (exact) mass is 424 g/mol. The van der Waals surface area contributed by atoms with Crippen LogP contribution in [-0.4, -0.2) is 55.6 Å². The molecule has 0 spiro atoms. The van der Waals surface area contributed by atoms with E-state index in [1.165, 1.54) is 25.2 Å². The normalized spacial score (nSPS) is 21.4. The van der Waals surface area contributed by atoms with E-state index in [2.05, 4.69) is 10.3 Å². The van der Waals surface area contributed by atoms with Crippen molar-refractivity contribution in [2.24, 2.45) is 0 Å². The van der Waals surface area contributed by atoms with Gasteiger partial charge in [0.05, 0.1) is 15.8 Å². The number of nitrogens with zero attached hydrogens (tertiary/aromatic N) is 2. The van der Waals surface area contributed by atoms with E-state index in [0.29, 0.717) is 22.0 Å². The van der Waals surface area contributed by atoms with Crippen LogP contribution in [0.4, 0.5) is 5.69 Å². The smallest absolute Gasteiger partial charge is 0.279 e. The fraction of sp³-hybridized carbons (Fsp3) is 0.238. The molecule has 0 aliphatic carbocycles. The van der Waals surface area contributed by atoms with E-state index < -0.39 is 28.5 Å². The van der Waals surface area contributed by atoms with E-state index in [0.717, 1.165) is 4.90 Å². The first-order valence-electron chi connectivity index (χ1n) is 9.53. The first-order chi connectivity index (χ1) is 14.7. The molecule has 0 bridgehead atoms. The maximum Gasteiger partial charge on any atom is 0.279 e. The Bertz CT molecular complexity index is 1210. The number of aromatic amines is 1.